The standard InChI is InChI=1S/C10H11N/c1-2-9-4-3-5-10(8-9)11-6-7-11/h2-5,8H,1,6-7H2. The quantitative estimate of drug-likeness (QED) is 0.576. The maximum Gasteiger partial charge on any atom is 0.0373 e. The molecule has 0 amide bonds. The lowest BCUT2D eigenvalue weighted by atomic mass is 10.2. The van der Waals surface area contributed by atoms with Gasteiger partial charge in [-0.2, -0.15) is 0 Å². The summed E-state index contributed by atoms with van der Waals surface area (Å²) in [5.41, 5.74) is 2.52. The van der Waals surface area contributed by atoms with Crippen molar-refractivity contribution in [3.05, 3.63) is 36.4 Å². The molecule has 0 N–H and O–H groups in total. The minimum atomic E-state index is 1.20. The van der Waals surface area contributed by atoms with Gasteiger partial charge in [-0.05, 0) is 17.7 Å². The lowest BCUT2D eigenvalue weighted by Gasteiger charge is -2.02. The lowest BCUT2D eigenvalue weighted by Crippen LogP contribution is -1.89. The molecule has 0 aliphatic carbocycles. The van der Waals surface area contributed by atoms with E-state index in [1.807, 2.05) is 6.08 Å². The Kier molecular flexibility index (Phi) is 1.42. The predicted molar refractivity (Wildman–Crippen MR) is 48.7 cm³/mol. The van der Waals surface area contributed by atoms with Gasteiger partial charge in [-0.15, -0.1) is 0 Å². The van der Waals surface area contributed by atoms with E-state index >= 15 is 0 Å². The number of nitrogens with zero attached hydrogens (tertiary/aromatic N) is 1. The van der Waals surface area contributed by atoms with E-state index in [1.54, 1.807) is 0 Å². The van der Waals surface area contributed by atoms with Gasteiger partial charge >= 0.3 is 0 Å². The van der Waals surface area contributed by atoms with Crippen molar-refractivity contribution in [3.63, 3.8) is 0 Å². The van der Waals surface area contributed by atoms with Gasteiger partial charge in [-0.1, -0.05) is 24.8 Å². The van der Waals surface area contributed by atoms with Gasteiger partial charge in [0.05, 0.1) is 0 Å². The smallest absolute Gasteiger partial charge is 0.0373 e. The van der Waals surface area contributed by atoms with Gasteiger partial charge in [0.1, 0.15) is 0 Å². The molecule has 0 unspecified atom stereocenters. The highest BCUT2D eigenvalue weighted by molar-refractivity contribution is 5.59. The normalized spacial score (nSPS) is 14.7. The highest BCUT2D eigenvalue weighted by atomic mass is 15.3. The minimum Gasteiger partial charge on any atom is -0.368 e. The molecule has 0 bridgehead atoms. The van der Waals surface area contributed by atoms with Crippen molar-refractivity contribution < 1.29 is 0 Å². The number of hydrogen-bond acceptors (Lipinski definition) is 1. The van der Waals surface area contributed by atoms with Crippen LogP contribution in [-0.4, -0.2) is 13.1 Å². The topological polar surface area (TPSA) is 3.01 Å². The molecule has 0 atom stereocenters. The van der Waals surface area contributed by atoms with Gasteiger partial charge in [0.2, 0.25) is 0 Å². The van der Waals surface area contributed by atoms with Crippen LogP contribution in [0, 0.1) is 0 Å². The van der Waals surface area contributed by atoms with Crippen LogP contribution in [0.5, 0.6) is 0 Å². The molecule has 1 saturated heterocycles. The van der Waals surface area contributed by atoms with Gasteiger partial charge < -0.3 is 4.90 Å². The molecule has 1 fully saturated rings. The van der Waals surface area contributed by atoms with Crippen LogP contribution in [0.15, 0.2) is 30.8 Å². The first-order valence-corrected chi connectivity index (χ1v) is 3.87. The Labute approximate surface area is 67.0 Å². The summed E-state index contributed by atoms with van der Waals surface area (Å²) in [5.74, 6) is 0. The molecule has 1 nitrogen and oxygen atoms in total. The third-order valence-corrected chi connectivity index (χ3v) is 1.92. The Morgan fingerprint density at radius 1 is 1.36 bits per heavy atom. The molecule has 1 heterocycles. The minimum absolute atomic E-state index is 1.20. The fourth-order valence-electron chi connectivity index (χ4n) is 1.16. The highest BCUT2D eigenvalue weighted by Gasteiger charge is 2.16. The zero-order valence-electron chi connectivity index (χ0n) is 6.46. The molecule has 1 aromatic carbocycles. The fourth-order valence-corrected chi connectivity index (χ4v) is 1.16. The van der Waals surface area contributed by atoms with Crippen molar-refractivity contribution in [1.82, 2.24) is 0 Å². The lowest BCUT2D eigenvalue weighted by molar-refractivity contribution is 1.39. The molecule has 11 heavy (non-hydrogen) atoms. The first-order chi connectivity index (χ1) is 5.40. The van der Waals surface area contributed by atoms with Crippen molar-refractivity contribution in [3.8, 4) is 0 Å². The first-order valence-electron chi connectivity index (χ1n) is 3.87. The Morgan fingerprint density at radius 2 is 2.18 bits per heavy atom. The second kappa shape index (κ2) is 2.42. The van der Waals surface area contributed by atoms with E-state index in [-0.39, 0.29) is 0 Å². The molecule has 56 valence electrons. The maximum atomic E-state index is 3.73. The summed E-state index contributed by atoms with van der Waals surface area (Å²) in [5, 5.41) is 0. The van der Waals surface area contributed by atoms with Crippen molar-refractivity contribution >= 4 is 11.8 Å². The predicted octanol–water partition coefficient (Wildman–Crippen LogP) is 2.15. The molecule has 2 rings (SSSR count). The first kappa shape index (κ1) is 6.47. The maximum absolute atomic E-state index is 3.73. The zero-order chi connectivity index (χ0) is 7.68. The number of benzene rings is 1. The van der Waals surface area contributed by atoms with Crippen molar-refractivity contribution in [1.29, 1.82) is 0 Å². The molecule has 1 aliphatic rings. The Balaban J connectivity index is 2.33. The van der Waals surface area contributed by atoms with E-state index in [0.29, 0.717) is 0 Å². The largest absolute Gasteiger partial charge is 0.368 e. The van der Waals surface area contributed by atoms with E-state index in [0.717, 1.165) is 0 Å². The van der Waals surface area contributed by atoms with Crippen LogP contribution in [0.3, 0.4) is 0 Å². The fraction of sp³-hybridized carbons (Fsp3) is 0.200. The Bertz CT molecular complexity index is 274. The van der Waals surface area contributed by atoms with Crippen molar-refractivity contribution in [2.24, 2.45) is 0 Å². The highest BCUT2D eigenvalue weighted by Crippen LogP contribution is 2.21. The molecule has 0 saturated carbocycles. The molecule has 0 spiro atoms. The van der Waals surface area contributed by atoms with Crippen molar-refractivity contribution in [2.45, 2.75) is 0 Å². The monoisotopic (exact) mass is 145 g/mol. The van der Waals surface area contributed by atoms with Gasteiger partial charge in [0, 0.05) is 18.8 Å². The van der Waals surface area contributed by atoms with Crippen LogP contribution < -0.4 is 4.90 Å². The van der Waals surface area contributed by atoms with Gasteiger partial charge in [0.25, 0.3) is 0 Å². The zero-order valence-corrected chi connectivity index (χ0v) is 6.46. The number of anilines is 1. The summed E-state index contributed by atoms with van der Waals surface area (Å²) >= 11 is 0. The van der Waals surface area contributed by atoms with E-state index < -0.39 is 0 Å². The third-order valence-electron chi connectivity index (χ3n) is 1.92. The van der Waals surface area contributed by atoms with Crippen LogP contribution in [-0.2, 0) is 0 Å². The molecule has 1 aromatic rings. The summed E-state index contributed by atoms with van der Waals surface area (Å²) < 4.78 is 0. The molecule has 1 aliphatic heterocycles. The van der Waals surface area contributed by atoms with Crippen LogP contribution >= 0.6 is 0 Å². The molecular formula is C10H11N. The molecular weight excluding hydrogens is 134 g/mol. The average molecular weight is 145 g/mol. The van der Waals surface area contributed by atoms with Gasteiger partial charge in [-0.25, -0.2) is 0 Å². The van der Waals surface area contributed by atoms with Crippen LogP contribution in [0.2, 0.25) is 0 Å². The van der Waals surface area contributed by atoms with Gasteiger partial charge in [-0.3, -0.25) is 0 Å². The third kappa shape index (κ3) is 1.27. The summed E-state index contributed by atoms with van der Waals surface area (Å²) in [6, 6.07) is 8.45. The number of hydrogen-bond donors (Lipinski definition) is 0. The molecule has 0 radical (unpaired) electrons. The summed E-state index contributed by atoms with van der Waals surface area (Å²) in [4.78, 5) is 2.33. The SMILES string of the molecule is C=Cc1cccc(N2CC2)c1. The summed E-state index contributed by atoms with van der Waals surface area (Å²) in [6.45, 7) is 6.15. The van der Waals surface area contributed by atoms with E-state index in [1.165, 1.54) is 24.3 Å². The van der Waals surface area contributed by atoms with E-state index in [4.69, 9.17) is 0 Å². The van der Waals surface area contributed by atoms with Crippen LogP contribution in [0.1, 0.15) is 5.56 Å². The molecule has 0 aromatic heterocycles. The number of rotatable bonds is 2. The van der Waals surface area contributed by atoms with Crippen LogP contribution in [0.4, 0.5) is 5.69 Å². The van der Waals surface area contributed by atoms with Gasteiger partial charge in [0.15, 0.2) is 0 Å². The van der Waals surface area contributed by atoms with E-state index in [9.17, 15) is 0 Å². The second-order valence-electron chi connectivity index (χ2n) is 2.79. The second-order valence-corrected chi connectivity index (χ2v) is 2.79. The summed E-state index contributed by atoms with van der Waals surface area (Å²) in [7, 11) is 0. The summed E-state index contributed by atoms with van der Waals surface area (Å²) in [6.07, 6.45) is 1.88. The van der Waals surface area contributed by atoms with E-state index in [2.05, 4.69) is 35.7 Å². The van der Waals surface area contributed by atoms with Crippen LogP contribution in [0.25, 0.3) is 6.08 Å². The Hall–Kier alpha value is -1.24. The molecule has 1 heteroatoms. The van der Waals surface area contributed by atoms with Crippen molar-refractivity contribution in [2.75, 3.05) is 18.0 Å². The Morgan fingerprint density at radius 3 is 2.82 bits per heavy atom. The average Bonchev–Trinajstić information content (AvgIpc) is 2.87.